The second-order valence-electron chi connectivity index (χ2n) is 8.32. The van der Waals surface area contributed by atoms with E-state index in [2.05, 4.69) is 56.4 Å². The molecule has 5 heteroatoms. The molecule has 1 aromatic heterocycles. The Morgan fingerprint density at radius 2 is 1.75 bits per heavy atom. The van der Waals surface area contributed by atoms with Crippen molar-refractivity contribution < 1.29 is 14.3 Å². The van der Waals surface area contributed by atoms with Crippen LogP contribution in [-0.2, 0) is 16.0 Å². The van der Waals surface area contributed by atoms with Crippen molar-refractivity contribution in [3.05, 3.63) is 75.7 Å². The zero-order chi connectivity index (χ0) is 23.3. The van der Waals surface area contributed by atoms with Crippen LogP contribution in [0.25, 0.3) is 11.1 Å². The first-order chi connectivity index (χ1) is 15.3. The lowest BCUT2D eigenvalue weighted by atomic mass is 9.99. The average molecular weight is 450 g/mol. The number of nitrogens with one attached hydrogen (secondary N) is 1. The number of hydrogen-bond acceptors (Lipinski definition) is 4. The van der Waals surface area contributed by atoms with Crippen LogP contribution >= 0.6 is 11.3 Å². The lowest BCUT2D eigenvalue weighted by Gasteiger charge is -2.10. The summed E-state index contributed by atoms with van der Waals surface area (Å²) in [6, 6.07) is 14.5. The third-order valence-corrected chi connectivity index (χ3v) is 6.52. The first-order valence-corrected chi connectivity index (χ1v) is 11.9. The molecule has 0 aliphatic heterocycles. The Bertz CT molecular complexity index is 1100. The van der Waals surface area contributed by atoms with Gasteiger partial charge in [0.25, 0.3) is 0 Å². The van der Waals surface area contributed by atoms with Crippen LogP contribution in [0.4, 0.5) is 5.00 Å². The maximum atomic E-state index is 12.8. The summed E-state index contributed by atoms with van der Waals surface area (Å²) in [6.45, 7) is 10.5. The highest BCUT2D eigenvalue weighted by atomic mass is 32.1. The average Bonchev–Trinajstić information content (AvgIpc) is 3.18. The predicted molar refractivity (Wildman–Crippen MR) is 133 cm³/mol. The topological polar surface area (TPSA) is 55.4 Å². The second-order valence-corrected chi connectivity index (χ2v) is 9.20. The van der Waals surface area contributed by atoms with Crippen LogP contribution in [0, 0.1) is 13.8 Å². The van der Waals surface area contributed by atoms with Crippen molar-refractivity contribution in [3.8, 4) is 11.1 Å². The van der Waals surface area contributed by atoms with Gasteiger partial charge in [-0.25, -0.2) is 4.79 Å². The van der Waals surface area contributed by atoms with Gasteiger partial charge in [-0.2, -0.15) is 0 Å². The van der Waals surface area contributed by atoms with Crippen LogP contribution in [-0.4, -0.2) is 18.5 Å². The molecule has 1 N–H and O–H groups in total. The third-order valence-electron chi connectivity index (χ3n) is 5.63. The molecule has 3 rings (SSSR count). The number of amides is 1. The predicted octanol–water partition coefficient (Wildman–Crippen LogP) is 6.90. The fourth-order valence-corrected chi connectivity index (χ4v) is 4.47. The molecular formula is C27H31NO3S. The van der Waals surface area contributed by atoms with Gasteiger partial charge in [0, 0.05) is 17.4 Å². The number of anilines is 1. The van der Waals surface area contributed by atoms with Crippen LogP contribution < -0.4 is 5.32 Å². The summed E-state index contributed by atoms with van der Waals surface area (Å²) in [4.78, 5) is 25.4. The summed E-state index contributed by atoms with van der Waals surface area (Å²) in [7, 11) is 0. The zero-order valence-electron chi connectivity index (χ0n) is 19.5. The fourth-order valence-electron chi connectivity index (χ4n) is 3.49. The molecule has 1 amide bonds. The zero-order valence-corrected chi connectivity index (χ0v) is 20.3. The number of esters is 1. The molecule has 0 radical (unpaired) electrons. The molecule has 0 unspecified atom stereocenters. The van der Waals surface area contributed by atoms with E-state index in [9.17, 15) is 9.59 Å². The van der Waals surface area contributed by atoms with Gasteiger partial charge in [-0.3, -0.25) is 4.79 Å². The van der Waals surface area contributed by atoms with Crippen LogP contribution in [0.1, 0.15) is 65.7 Å². The largest absolute Gasteiger partial charge is 0.462 e. The lowest BCUT2D eigenvalue weighted by molar-refractivity contribution is -0.116. The number of hydrogen-bond donors (Lipinski definition) is 1. The summed E-state index contributed by atoms with van der Waals surface area (Å²) in [5.74, 6) is -0.0440. The molecule has 0 bridgehead atoms. The number of thiophene rings is 1. The van der Waals surface area contributed by atoms with Gasteiger partial charge in [0.15, 0.2) is 0 Å². The minimum atomic E-state index is -0.415. The maximum absolute atomic E-state index is 12.8. The molecule has 32 heavy (non-hydrogen) atoms. The van der Waals surface area contributed by atoms with E-state index >= 15 is 0 Å². The van der Waals surface area contributed by atoms with Crippen molar-refractivity contribution in [1.82, 2.24) is 0 Å². The molecule has 0 fully saturated rings. The van der Waals surface area contributed by atoms with Crippen molar-refractivity contribution in [2.24, 2.45) is 0 Å². The Labute approximate surface area is 194 Å². The third kappa shape index (κ3) is 5.65. The molecule has 0 saturated heterocycles. The molecule has 1 heterocycles. The van der Waals surface area contributed by atoms with E-state index in [1.54, 1.807) is 6.92 Å². The number of rotatable bonds is 8. The minimum Gasteiger partial charge on any atom is -0.462 e. The Morgan fingerprint density at radius 1 is 1.03 bits per heavy atom. The molecule has 0 saturated carbocycles. The van der Waals surface area contributed by atoms with E-state index in [1.807, 2.05) is 24.4 Å². The van der Waals surface area contributed by atoms with Gasteiger partial charge in [0.05, 0.1) is 6.61 Å². The number of carbonyl (C=O) groups is 2. The number of benzene rings is 2. The van der Waals surface area contributed by atoms with Crippen molar-refractivity contribution in [1.29, 1.82) is 0 Å². The summed E-state index contributed by atoms with van der Waals surface area (Å²) in [5.41, 5.74) is 6.91. The van der Waals surface area contributed by atoms with Gasteiger partial charge in [-0.1, -0.05) is 56.3 Å². The van der Waals surface area contributed by atoms with Gasteiger partial charge in [-0.15, -0.1) is 11.3 Å². The quantitative estimate of drug-likeness (QED) is 0.380. The first kappa shape index (κ1) is 23.7. The number of ether oxygens (including phenoxy) is 1. The van der Waals surface area contributed by atoms with Crippen LogP contribution in [0.15, 0.2) is 47.8 Å². The SMILES string of the molecule is CCOC(=O)c1c(-c2ccc(C)c(C)c2)csc1NC(=O)CCc1ccc(C(C)C)cc1. The van der Waals surface area contributed by atoms with Gasteiger partial charge in [0.1, 0.15) is 10.6 Å². The van der Waals surface area contributed by atoms with E-state index < -0.39 is 5.97 Å². The molecule has 4 nitrogen and oxygen atoms in total. The summed E-state index contributed by atoms with van der Waals surface area (Å²) in [6.07, 6.45) is 0.995. The standard InChI is InChI=1S/C27H31NO3S/c1-6-31-27(30)25-23(22-11-7-18(4)19(5)15-22)16-32-26(25)28-24(29)14-10-20-8-12-21(13-9-20)17(2)3/h7-9,11-13,15-17H,6,10,14H2,1-5H3,(H,28,29). The molecule has 0 spiro atoms. The van der Waals surface area contributed by atoms with Crippen molar-refractivity contribution >= 4 is 28.2 Å². The fraction of sp³-hybridized carbons (Fsp3) is 0.333. The minimum absolute atomic E-state index is 0.114. The van der Waals surface area contributed by atoms with E-state index in [-0.39, 0.29) is 12.5 Å². The monoisotopic (exact) mass is 449 g/mol. The molecule has 168 valence electrons. The Kier molecular flexibility index (Phi) is 7.86. The van der Waals surface area contributed by atoms with E-state index in [1.165, 1.54) is 22.5 Å². The Morgan fingerprint density at radius 3 is 2.38 bits per heavy atom. The van der Waals surface area contributed by atoms with E-state index in [0.29, 0.717) is 29.3 Å². The molecule has 0 atom stereocenters. The molecule has 3 aromatic rings. The van der Waals surface area contributed by atoms with E-state index in [4.69, 9.17) is 4.74 Å². The normalized spacial score (nSPS) is 10.9. The van der Waals surface area contributed by atoms with E-state index in [0.717, 1.165) is 22.3 Å². The summed E-state index contributed by atoms with van der Waals surface area (Å²) in [5, 5.41) is 5.40. The van der Waals surface area contributed by atoms with Crippen molar-refractivity contribution in [2.75, 3.05) is 11.9 Å². The second kappa shape index (κ2) is 10.6. The highest BCUT2D eigenvalue weighted by Crippen LogP contribution is 2.37. The van der Waals surface area contributed by atoms with Gasteiger partial charge < -0.3 is 10.1 Å². The van der Waals surface area contributed by atoms with Crippen LogP contribution in [0.5, 0.6) is 0 Å². The molecule has 2 aromatic carbocycles. The van der Waals surface area contributed by atoms with Crippen LogP contribution in [0.2, 0.25) is 0 Å². The Hall–Kier alpha value is -2.92. The van der Waals surface area contributed by atoms with Crippen molar-refractivity contribution in [2.45, 2.75) is 53.4 Å². The van der Waals surface area contributed by atoms with Gasteiger partial charge in [0.2, 0.25) is 5.91 Å². The smallest absolute Gasteiger partial charge is 0.341 e. The highest BCUT2D eigenvalue weighted by molar-refractivity contribution is 7.15. The Balaban J connectivity index is 1.77. The summed E-state index contributed by atoms with van der Waals surface area (Å²) >= 11 is 1.36. The number of carbonyl (C=O) groups excluding carboxylic acids is 2. The molecule has 0 aliphatic rings. The highest BCUT2D eigenvalue weighted by Gasteiger charge is 2.23. The maximum Gasteiger partial charge on any atom is 0.341 e. The lowest BCUT2D eigenvalue weighted by Crippen LogP contribution is -2.15. The molecular weight excluding hydrogens is 418 g/mol. The van der Waals surface area contributed by atoms with Gasteiger partial charge >= 0.3 is 5.97 Å². The first-order valence-electron chi connectivity index (χ1n) is 11.0. The van der Waals surface area contributed by atoms with Crippen LogP contribution in [0.3, 0.4) is 0 Å². The summed E-state index contributed by atoms with van der Waals surface area (Å²) < 4.78 is 5.30. The number of aryl methyl sites for hydroxylation is 3. The molecule has 0 aliphatic carbocycles. The van der Waals surface area contributed by atoms with Crippen molar-refractivity contribution in [3.63, 3.8) is 0 Å². The van der Waals surface area contributed by atoms with Gasteiger partial charge in [-0.05, 0) is 60.9 Å².